The normalized spacial score (nSPS) is 19.9. The molecule has 3 rings (SSSR count). The van der Waals surface area contributed by atoms with Crippen molar-refractivity contribution >= 4 is 39.3 Å². The Morgan fingerprint density at radius 1 is 1.33 bits per heavy atom. The number of nitrogens with zero attached hydrogens (tertiary/aromatic N) is 2. The summed E-state index contributed by atoms with van der Waals surface area (Å²) in [6, 6.07) is 6.56. The molecule has 1 aromatic heterocycles. The first-order chi connectivity index (χ1) is 8.83. The molecule has 1 atom stereocenters. The number of benzene rings is 1. The molecule has 1 N–H and O–H groups in total. The monoisotopic (exact) mass is 355 g/mol. The van der Waals surface area contributed by atoms with Crippen molar-refractivity contribution in [2.24, 2.45) is 0 Å². The Morgan fingerprint density at radius 3 is 3.11 bits per heavy atom. The summed E-state index contributed by atoms with van der Waals surface area (Å²) in [5, 5.41) is 4.55. The lowest BCUT2D eigenvalue weighted by molar-refractivity contribution is 0.0875. The van der Waals surface area contributed by atoms with Gasteiger partial charge in [0.25, 0.3) is 0 Å². The maximum atomic E-state index is 5.48. The van der Waals surface area contributed by atoms with E-state index in [9.17, 15) is 0 Å². The maximum Gasteiger partial charge on any atom is 0.137 e. The average Bonchev–Trinajstić information content (AvgIpc) is 2.41. The molecule has 1 aromatic carbocycles. The quantitative estimate of drug-likeness (QED) is 0.842. The molecule has 1 aliphatic heterocycles. The third-order valence-electron chi connectivity index (χ3n) is 3.10. The Hall–Kier alpha value is -0.950. The van der Waals surface area contributed by atoms with E-state index in [0.717, 1.165) is 42.8 Å². The van der Waals surface area contributed by atoms with Crippen molar-refractivity contribution < 1.29 is 4.74 Å². The summed E-state index contributed by atoms with van der Waals surface area (Å²) in [5.74, 6) is 0.911. The molecule has 18 heavy (non-hydrogen) atoms. The zero-order chi connectivity index (χ0) is 12.4. The van der Waals surface area contributed by atoms with Crippen LogP contribution >= 0.6 is 22.6 Å². The van der Waals surface area contributed by atoms with E-state index in [1.165, 1.54) is 3.57 Å². The summed E-state index contributed by atoms with van der Waals surface area (Å²) in [7, 11) is 0. The Morgan fingerprint density at radius 2 is 2.28 bits per heavy atom. The molecule has 1 unspecified atom stereocenters. The van der Waals surface area contributed by atoms with Crippen molar-refractivity contribution in [1.82, 2.24) is 9.97 Å². The van der Waals surface area contributed by atoms with Crippen LogP contribution in [0.15, 0.2) is 24.5 Å². The molecule has 0 bridgehead atoms. The van der Waals surface area contributed by atoms with Gasteiger partial charge < -0.3 is 10.1 Å². The lowest BCUT2D eigenvalue weighted by Crippen LogP contribution is -2.30. The Bertz CT molecular complexity index is 555. The van der Waals surface area contributed by atoms with Gasteiger partial charge in [-0.25, -0.2) is 9.97 Å². The first-order valence-corrected chi connectivity index (χ1v) is 7.15. The third kappa shape index (κ3) is 2.56. The predicted octanol–water partition coefficient (Wildman–Crippen LogP) is 2.83. The molecular weight excluding hydrogens is 341 g/mol. The fourth-order valence-electron chi connectivity index (χ4n) is 2.19. The van der Waals surface area contributed by atoms with Crippen molar-refractivity contribution in [3.8, 4) is 0 Å². The highest BCUT2D eigenvalue weighted by Gasteiger charge is 2.15. The summed E-state index contributed by atoms with van der Waals surface area (Å²) in [6.45, 7) is 1.63. The Kier molecular flexibility index (Phi) is 3.60. The molecule has 0 amide bonds. The van der Waals surface area contributed by atoms with Crippen LogP contribution in [0.5, 0.6) is 0 Å². The molecule has 1 fully saturated rings. The minimum absolute atomic E-state index is 0.356. The van der Waals surface area contributed by atoms with E-state index < -0.39 is 0 Å². The van der Waals surface area contributed by atoms with Crippen molar-refractivity contribution in [1.29, 1.82) is 0 Å². The number of nitrogens with one attached hydrogen (secondary N) is 1. The van der Waals surface area contributed by atoms with E-state index in [1.807, 2.05) is 6.07 Å². The number of aromatic nitrogens is 2. The SMILES string of the molecule is Ic1ccc2ncnc(NC3CCCOC3)c2c1. The minimum Gasteiger partial charge on any atom is -0.379 e. The average molecular weight is 355 g/mol. The van der Waals surface area contributed by atoms with E-state index in [1.54, 1.807) is 6.33 Å². The van der Waals surface area contributed by atoms with Crippen LogP contribution in [-0.4, -0.2) is 29.2 Å². The molecule has 5 heteroatoms. The number of anilines is 1. The van der Waals surface area contributed by atoms with Crippen LogP contribution in [0.4, 0.5) is 5.82 Å². The summed E-state index contributed by atoms with van der Waals surface area (Å²) in [5.41, 5.74) is 0.977. The van der Waals surface area contributed by atoms with Crippen LogP contribution in [0.2, 0.25) is 0 Å². The maximum absolute atomic E-state index is 5.48. The summed E-state index contributed by atoms with van der Waals surface area (Å²) < 4.78 is 6.68. The second kappa shape index (κ2) is 5.36. The summed E-state index contributed by atoms with van der Waals surface area (Å²) >= 11 is 2.31. The molecule has 0 spiro atoms. The molecule has 1 saturated heterocycles. The standard InChI is InChI=1S/C13H14IN3O/c14-9-3-4-12-11(6-9)13(16-8-15-12)17-10-2-1-5-18-7-10/h3-4,6,8,10H,1-2,5,7H2,(H,15,16,17). The Balaban J connectivity index is 1.92. The van der Waals surface area contributed by atoms with Crippen LogP contribution in [0.25, 0.3) is 10.9 Å². The van der Waals surface area contributed by atoms with E-state index in [-0.39, 0.29) is 0 Å². The van der Waals surface area contributed by atoms with Gasteiger partial charge in [-0.3, -0.25) is 0 Å². The molecule has 0 saturated carbocycles. The minimum atomic E-state index is 0.356. The highest BCUT2D eigenvalue weighted by atomic mass is 127. The first-order valence-electron chi connectivity index (χ1n) is 6.07. The predicted molar refractivity (Wildman–Crippen MR) is 79.7 cm³/mol. The number of halogens is 1. The van der Waals surface area contributed by atoms with Gasteiger partial charge >= 0.3 is 0 Å². The number of ether oxygens (including phenoxy) is 1. The fourth-order valence-corrected chi connectivity index (χ4v) is 2.68. The lowest BCUT2D eigenvalue weighted by atomic mass is 10.1. The van der Waals surface area contributed by atoms with Crippen molar-refractivity contribution in [3.05, 3.63) is 28.1 Å². The highest BCUT2D eigenvalue weighted by molar-refractivity contribution is 14.1. The second-order valence-electron chi connectivity index (χ2n) is 4.44. The third-order valence-corrected chi connectivity index (χ3v) is 3.77. The fraction of sp³-hybridized carbons (Fsp3) is 0.385. The molecule has 1 aliphatic rings. The topological polar surface area (TPSA) is 47.0 Å². The number of fused-ring (bicyclic) bond motifs is 1. The van der Waals surface area contributed by atoms with Gasteiger partial charge in [0.1, 0.15) is 12.1 Å². The molecule has 4 nitrogen and oxygen atoms in total. The molecule has 0 aliphatic carbocycles. The van der Waals surface area contributed by atoms with E-state index in [2.05, 4.69) is 50.0 Å². The van der Waals surface area contributed by atoms with Gasteiger partial charge in [-0.2, -0.15) is 0 Å². The highest BCUT2D eigenvalue weighted by Crippen LogP contribution is 2.23. The lowest BCUT2D eigenvalue weighted by Gasteiger charge is -2.24. The van der Waals surface area contributed by atoms with Crippen LogP contribution in [0.1, 0.15) is 12.8 Å². The largest absolute Gasteiger partial charge is 0.379 e. The van der Waals surface area contributed by atoms with E-state index in [4.69, 9.17) is 4.74 Å². The summed E-state index contributed by atoms with van der Waals surface area (Å²) in [4.78, 5) is 8.65. The van der Waals surface area contributed by atoms with Crippen molar-refractivity contribution in [2.45, 2.75) is 18.9 Å². The van der Waals surface area contributed by atoms with Crippen LogP contribution in [-0.2, 0) is 4.74 Å². The van der Waals surface area contributed by atoms with Gasteiger partial charge in [-0.15, -0.1) is 0 Å². The first kappa shape index (κ1) is 12.1. The van der Waals surface area contributed by atoms with Crippen LogP contribution < -0.4 is 5.32 Å². The number of hydrogen-bond acceptors (Lipinski definition) is 4. The second-order valence-corrected chi connectivity index (χ2v) is 5.69. The molecule has 2 aromatic rings. The number of rotatable bonds is 2. The Labute approximate surface area is 119 Å². The van der Waals surface area contributed by atoms with Gasteiger partial charge in [0.15, 0.2) is 0 Å². The molecular formula is C13H14IN3O. The zero-order valence-corrected chi connectivity index (χ0v) is 12.1. The van der Waals surface area contributed by atoms with Gasteiger partial charge in [0, 0.05) is 15.6 Å². The van der Waals surface area contributed by atoms with Crippen molar-refractivity contribution in [3.63, 3.8) is 0 Å². The van der Waals surface area contributed by atoms with Gasteiger partial charge in [-0.1, -0.05) is 0 Å². The van der Waals surface area contributed by atoms with E-state index in [0.29, 0.717) is 6.04 Å². The molecule has 94 valence electrons. The van der Waals surface area contributed by atoms with Gasteiger partial charge in [0.05, 0.1) is 18.2 Å². The van der Waals surface area contributed by atoms with Crippen LogP contribution in [0, 0.1) is 3.57 Å². The number of hydrogen-bond donors (Lipinski definition) is 1. The van der Waals surface area contributed by atoms with Crippen molar-refractivity contribution in [2.75, 3.05) is 18.5 Å². The zero-order valence-electron chi connectivity index (χ0n) is 9.90. The smallest absolute Gasteiger partial charge is 0.137 e. The summed E-state index contributed by atoms with van der Waals surface area (Å²) in [6.07, 6.45) is 3.86. The van der Waals surface area contributed by atoms with Crippen LogP contribution in [0.3, 0.4) is 0 Å². The van der Waals surface area contributed by atoms with E-state index >= 15 is 0 Å². The van der Waals surface area contributed by atoms with Gasteiger partial charge in [-0.05, 0) is 53.6 Å². The van der Waals surface area contributed by atoms with Gasteiger partial charge in [0.2, 0.25) is 0 Å². The molecule has 2 heterocycles. The molecule has 0 radical (unpaired) electrons.